The smallest absolute Gasteiger partial charge is 0.306 e. The van der Waals surface area contributed by atoms with Gasteiger partial charge >= 0.3 is 5.97 Å². The van der Waals surface area contributed by atoms with Gasteiger partial charge in [0, 0.05) is 5.92 Å². The van der Waals surface area contributed by atoms with Gasteiger partial charge in [-0.3, -0.25) is 4.79 Å². The van der Waals surface area contributed by atoms with Crippen molar-refractivity contribution in [2.24, 2.45) is 5.92 Å². The molecule has 0 radical (unpaired) electrons. The van der Waals surface area contributed by atoms with Gasteiger partial charge < -0.3 is 9.84 Å². The topological polar surface area (TPSA) is 46.5 Å². The molecule has 1 N–H and O–H groups in total. The molecule has 1 fully saturated rings. The highest BCUT2D eigenvalue weighted by Crippen LogP contribution is 2.27. The highest BCUT2D eigenvalue weighted by Gasteiger charge is 2.37. The number of esters is 1. The van der Waals surface area contributed by atoms with Crippen LogP contribution in [0.15, 0.2) is 12.7 Å². The number of aliphatic hydroxyl groups is 1. The van der Waals surface area contributed by atoms with Crippen LogP contribution in [-0.4, -0.2) is 23.3 Å². The minimum absolute atomic E-state index is 0.0191. The van der Waals surface area contributed by atoms with E-state index in [0.29, 0.717) is 12.8 Å². The molecule has 3 atom stereocenters. The SMILES string of the molecule is C=C[C@@H]1CC(=O)O[C@@H]1[C@@H](O)CCCC. The quantitative estimate of drug-likeness (QED) is 0.539. The predicted molar refractivity (Wildman–Crippen MR) is 53.7 cm³/mol. The van der Waals surface area contributed by atoms with E-state index in [-0.39, 0.29) is 18.0 Å². The molecule has 80 valence electrons. The summed E-state index contributed by atoms with van der Waals surface area (Å²) in [6.07, 6.45) is 3.84. The summed E-state index contributed by atoms with van der Waals surface area (Å²) in [5.41, 5.74) is 0. The molecule has 0 bridgehead atoms. The maximum atomic E-state index is 11.0. The van der Waals surface area contributed by atoms with Gasteiger partial charge in [-0.2, -0.15) is 0 Å². The fourth-order valence-electron chi connectivity index (χ4n) is 1.75. The first kappa shape index (κ1) is 11.2. The van der Waals surface area contributed by atoms with Gasteiger partial charge in [0.2, 0.25) is 0 Å². The number of hydrogen-bond donors (Lipinski definition) is 1. The monoisotopic (exact) mass is 198 g/mol. The molecule has 0 aromatic rings. The maximum Gasteiger partial charge on any atom is 0.306 e. The van der Waals surface area contributed by atoms with Crippen molar-refractivity contribution in [2.75, 3.05) is 0 Å². The highest BCUT2D eigenvalue weighted by atomic mass is 16.6. The van der Waals surface area contributed by atoms with Crippen LogP contribution in [0.1, 0.15) is 32.6 Å². The molecule has 0 unspecified atom stereocenters. The van der Waals surface area contributed by atoms with Gasteiger partial charge in [-0.15, -0.1) is 6.58 Å². The molecule has 0 amide bonds. The Balaban J connectivity index is 2.48. The Morgan fingerprint density at radius 3 is 3.07 bits per heavy atom. The Morgan fingerprint density at radius 2 is 2.50 bits per heavy atom. The van der Waals surface area contributed by atoms with Crippen molar-refractivity contribution in [1.29, 1.82) is 0 Å². The first-order valence-electron chi connectivity index (χ1n) is 5.19. The molecule has 3 nitrogen and oxygen atoms in total. The zero-order valence-electron chi connectivity index (χ0n) is 8.61. The van der Waals surface area contributed by atoms with Crippen molar-refractivity contribution in [3.63, 3.8) is 0 Å². The molecule has 0 spiro atoms. The third-order valence-corrected chi connectivity index (χ3v) is 2.63. The van der Waals surface area contributed by atoms with E-state index in [1.165, 1.54) is 0 Å². The van der Waals surface area contributed by atoms with Crippen LogP contribution < -0.4 is 0 Å². The van der Waals surface area contributed by atoms with Gasteiger partial charge in [0.1, 0.15) is 6.10 Å². The molecule has 0 aliphatic carbocycles. The molecule has 1 saturated heterocycles. The Morgan fingerprint density at radius 1 is 1.79 bits per heavy atom. The summed E-state index contributed by atoms with van der Waals surface area (Å²) >= 11 is 0. The molecule has 1 rings (SSSR count). The third kappa shape index (κ3) is 2.58. The number of carbonyl (C=O) groups is 1. The summed E-state index contributed by atoms with van der Waals surface area (Å²) in [6, 6.07) is 0. The Hall–Kier alpha value is -0.830. The third-order valence-electron chi connectivity index (χ3n) is 2.63. The van der Waals surface area contributed by atoms with E-state index in [1.54, 1.807) is 6.08 Å². The zero-order valence-corrected chi connectivity index (χ0v) is 8.61. The van der Waals surface area contributed by atoms with Crippen LogP contribution in [0.25, 0.3) is 0 Å². The van der Waals surface area contributed by atoms with E-state index >= 15 is 0 Å². The van der Waals surface area contributed by atoms with Crippen LogP contribution in [-0.2, 0) is 9.53 Å². The summed E-state index contributed by atoms with van der Waals surface area (Å²) < 4.78 is 5.06. The average molecular weight is 198 g/mol. The van der Waals surface area contributed by atoms with E-state index in [2.05, 4.69) is 13.5 Å². The van der Waals surface area contributed by atoms with Crippen LogP contribution in [0.4, 0.5) is 0 Å². The Labute approximate surface area is 84.8 Å². The summed E-state index contributed by atoms with van der Waals surface area (Å²) in [7, 11) is 0. The Kier molecular flexibility index (Phi) is 4.14. The second-order valence-corrected chi connectivity index (χ2v) is 3.77. The van der Waals surface area contributed by atoms with Crippen molar-refractivity contribution in [3.05, 3.63) is 12.7 Å². The Bertz CT molecular complexity index is 213. The normalized spacial score (nSPS) is 28.6. The van der Waals surface area contributed by atoms with Gasteiger partial charge in [0.05, 0.1) is 12.5 Å². The number of carbonyl (C=O) groups excluding carboxylic acids is 1. The molecule has 1 aliphatic rings. The van der Waals surface area contributed by atoms with Gasteiger partial charge in [-0.1, -0.05) is 25.8 Å². The molecule has 3 heteroatoms. The number of unbranched alkanes of at least 4 members (excludes halogenated alkanes) is 1. The van der Waals surface area contributed by atoms with Crippen molar-refractivity contribution in [2.45, 2.75) is 44.8 Å². The van der Waals surface area contributed by atoms with Gasteiger partial charge in [0.25, 0.3) is 0 Å². The number of cyclic esters (lactones) is 1. The summed E-state index contributed by atoms with van der Waals surface area (Å²) in [4.78, 5) is 11.0. The largest absolute Gasteiger partial charge is 0.459 e. The van der Waals surface area contributed by atoms with Crippen molar-refractivity contribution in [3.8, 4) is 0 Å². The minimum Gasteiger partial charge on any atom is -0.459 e. The van der Waals surface area contributed by atoms with Gasteiger partial charge in [-0.25, -0.2) is 0 Å². The first-order chi connectivity index (χ1) is 6.69. The van der Waals surface area contributed by atoms with Crippen LogP contribution in [0.3, 0.4) is 0 Å². The molecule has 14 heavy (non-hydrogen) atoms. The lowest BCUT2D eigenvalue weighted by Gasteiger charge is -2.20. The molecular formula is C11H18O3. The second-order valence-electron chi connectivity index (χ2n) is 3.77. The zero-order chi connectivity index (χ0) is 10.6. The molecule has 1 aliphatic heterocycles. The molecular weight excluding hydrogens is 180 g/mol. The average Bonchev–Trinajstić information content (AvgIpc) is 2.56. The van der Waals surface area contributed by atoms with Crippen molar-refractivity contribution in [1.82, 2.24) is 0 Å². The summed E-state index contributed by atoms with van der Waals surface area (Å²) in [6.45, 7) is 5.71. The number of ether oxygens (including phenoxy) is 1. The minimum atomic E-state index is -0.538. The fraction of sp³-hybridized carbons (Fsp3) is 0.727. The predicted octanol–water partition coefficient (Wildman–Crippen LogP) is 1.66. The van der Waals surface area contributed by atoms with Crippen LogP contribution in [0.2, 0.25) is 0 Å². The first-order valence-corrected chi connectivity index (χ1v) is 5.19. The number of rotatable bonds is 5. The summed E-state index contributed by atoms with van der Waals surface area (Å²) in [5, 5.41) is 9.77. The standard InChI is InChI=1S/C11H18O3/c1-3-5-6-9(12)11-8(4-2)7-10(13)14-11/h4,8-9,11-12H,2-3,5-7H2,1H3/t8-,9+,11+/m1/s1. The lowest BCUT2D eigenvalue weighted by molar-refractivity contribution is -0.145. The van der Waals surface area contributed by atoms with Crippen molar-refractivity contribution < 1.29 is 14.6 Å². The number of aliphatic hydroxyl groups excluding tert-OH is 1. The summed E-state index contributed by atoms with van der Waals surface area (Å²) in [5.74, 6) is -0.246. The number of hydrogen-bond acceptors (Lipinski definition) is 3. The molecule has 0 aromatic heterocycles. The second kappa shape index (κ2) is 5.15. The van der Waals surface area contributed by atoms with Gasteiger partial charge in [0.15, 0.2) is 0 Å². The van der Waals surface area contributed by atoms with E-state index in [9.17, 15) is 9.90 Å². The molecule has 0 aromatic carbocycles. The van der Waals surface area contributed by atoms with E-state index in [4.69, 9.17) is 4.74 Å². The maximum absolute atomic E-state index is 11.0. The lowest BCUT2D eigenvalue weighted by Crippen LogP contribution is -2.30. The van der Waals surface area contributed by atoms with Gasteiger partial charge in [-0.05, 0) is 6.42 Å². The van der Waals surface area contributed by atoms with E-state index in [1.807, 2.05) is 0 Å². The van der Waals surface area contributed by atoms with Crippen LogP contribution in [0.5, 0.6) is 0 Å². The van der Waals surface area contributed by atoms with Crippen LogP contribution in [0, 0.1) is 5.92 Å². The van der Waals surface area contributed by atoms with E-state index < -0.39 is 6.10 Å². The molecule has 1 heterocycles. The fourth-order valence-corrected chi connectivity index (χ4v) is 1.75. The van der Waals surface area contributed by atoms with Crippen LogP contribution >= 0.6 is 0 Å². The molecule has 0 saturated carbocycles. The van der Waals surface area contributed by atoms with Crippen molar-refractivity contribution >= 4 is 5.97 Å². The highest BCUT2D eigenvalue weighted by molar-refractivity contribution is 5.72. The van der Waals surface area contributed by atoms with E-state index in [0.717, 1.165) is 12.8 Å². The lowest BCUT2D eigenvalue weighted by atomic mass is 9.95.